The van der Waals surface area contributed by atoms with Gasteiger partial charge in [-0.05, 0) is 48.2 Å². The van der Waals surface area contributed by atoms with Gasteiger partial charge in [0, 0.05) is 27.8 Å². The third-order valence-electron chi connectivity index (χ3n) is 7.12. The lowest BCUT2D eigenvalue weighted by atomic mass is 10.0. The maximum Gasteiger partial charge on any atom is 0.234 e. The van der Waals surface area contributed by atoms with Crippen LogP contribution in [0.5, 0.6) is 11.5 Å². The van der Waals surface area contributed by atoms with Gasteiger partial charge in [0.15, 0.2) is 0 Å². The minimum absolute atomic E-state index is 0.448. The average Bonchev–Trinajstić information content (AvgIpc) is 3.02. The Morgan fingerprint density at radius 1 is 0.651 bits per heavy atom. The monoisotopic (exact) mass is 614 g/mol. The summed E-state index contributed by atoms with van der Waals surface area (Å²) in [5, 5.41) is 1.14. The third kappa shape index (κ3) is 7.50. The molecule has 220 valence electrons. The van der Waals surface area contributed by atoms with Crippen LogP contribution in [0.25, 0.3) is 12.2 Å². The Labute approximate surface area is 262 Å². The Bertz CT molecular complexity index is 1590. The van der Waals surface area contributed by atoms with Gasteiger partial charge in [0.1, 0.15) is 11.5 Å². The predicted molar refractivity (Wildman–Crippen MR) is 170 cm³/mol. The van der Waals surface area contributed by atoms with Crippen molar-refractivity contribution >= 4 is 35.4 Å². The van der Waals surface area contributed by atoms with Gasteiger partial charge < -0.3 is 18.9 Å². The van der Waals surface area contributed by atoms with E-state index in [1.165, 1.54) is 5.56 Å². The summed E-state index contributed by atoms with van der Waals surface area (Å²) in [6, 6.07) is 27.7. The molecule has 6 rings (SSSR count). The second kappa shape index (κ2) is 14.3. The van der Waals surface area contributed by atoms with Crippen molar-refractivity contribution < 1.29 is 23.7 Å². The molecule has 0 saturated carbocycles. The fraction of sp³-hybridized carbons (Fsp3) is 0.222. The summed E-state index contributed by atoms with van der Waals surface area (Å²) in [5.74, 6) is 1.36. The fourth-order valence-corrected chi connectivity index (χ4v) is 5.54. The molecular weight excluding hydrogens is 583 g/mol. The number of rotatable bonds is 12. The molecule has 0 amide bonds. The van der Waals surface area contributed by atoms with Crippen molar-refractivity contribution in [1.29, 1.82) is 0 Å². The van der Waals surface area contributed by atoms with Gasteiger partial charge in [-0.15, -0.1) is 0 Å². The lowest BCUT2D eigenvalue weighted by Gasteiger charge is -2.39. The van der Waals surface area contributed by atoms with Gasteiger partial charge in [0.2, 0.25) is 12.6 Å². The van der Waals surface area contributed by atoms with Crippen LogP contribution >= 0.6 is 23.2 Å². The van der Waals surface area contributed by atoms with Crippen LogP contribution in [0.15, 0.2) is 97.1 Å². The van der Waals surface area contributed by atoms with Crippen LogP contribution < -0.4 is 9.47 Å². The van der Waals surface area contributed by atoms with Crippen LogP contribution in [-0.2, 0) is 27.4 Å². The summed E-state index contributed by atoms with van der Waals surface area (Å²) in [6.07, 6.45) is 8.48. The van der Waals surface area contributed by atoms with Crippen LogP contribution in [-0.4, -0.2) is 13.2 Å². The van der Waals surface area contributed by atoms with E-state index in [1.54, 1.807) is 0 Å². The van der Waals surface area contributed by atoms with Gasteiger partial charge in [-0.25, -0.2) is 0 Å². The van der Waals surface area contributed by atoms with Crippen LogP contribution in [0.4, 0.5) is 0 Å². The first-order valence-electron chi connectivity index (χ1n) is 14.4. The van der Waals surface area contributed by atoms with Crippen LogP contribution in [0, 0.1) is 0 Å². The van der Waals surface area contributed by atoms with E-state index in [4.69, 9.17) is 46.9 Å². The molecule has 0 N–H and O–H groups in total. The second-order valence-electron chi connectivity index (χ2n) is 10.3. The van der Waals surface area contributed by atoms with Gasteiger partial charge in [0.05, 0.1) is 30.9 Å². The number of hydrogen-bond donors (Lipinski definition) is 0. The average molecular weight is 616 g/mol. The number of halogens is 2. The molecule has 7 heteroatoms. The number of benzene rings is 4. The van der Waals surface area contributed by atoms with Crippen LogP contribution in [0.3, 0.4) is 0 Å². The van der Waals surface area contributed by atoms with E-state index < -0.39 is 12.6 Å². The number of unbranched alkanes of at least 4 members (excludes halogenated alkanes) is 1. The molecule has 43 heavy (non-hydrogen) atoms. The first-order chi connectivity index (χ1) is 21.1. The molecule has 4 aromatic rings. The van der Waals surface area contributed by atoms with Gasteiger partial charge in [-0.2, -0.15) is 0 Å². The smallest absolute Gasteiger partial charge is 0.234 e. The molecule has 0 aliphatic carbocycles. The molecule has 2 heterocycles. The summed E-state index contributed by atoms with van der Waals surface area (Å²) < 4.78 is 30.6. The van der Waals surface area contributed by atoms with E-state index in [1.807, 2.05) is 91.0 Å². The molecule has 4 aromatic carbocycles. The lowest BCUT2D eigenvalue weighted by Crippen LogP contribution is -2.31. The Kier molecular flexibility index (Phi) is 9.78. The van der Waals surface area contributed by atoms with E-state index in [9.17, 15) is 0 Å². The molecule has 2 unspecified atom stereocenters. The summed E-state index contributed by atoms with van der Waals surface area (Å²) in [6.45, 7) is 2.29. The zero-order valence-electron chi connectivity index (χ0n) is 23.6. The molecule has 0 fully saturated rings. The highest BCUT2D eigenvalue weighted by Crippen LogP contribution is 2.51. The summed E-state index contributed by atoms with van der Waals surface area (Å²) >= 11 is 13.0. The second-order valence-corrected chi connectivity index (χ2v) is 11.2. The first-order valence-corrected chi connectivity index (χ1v) is 15.1. The summed E-state index contributed by atoms with van der Waals surface area (Å²) in [4.78, 5) is 0. The van der Waals surface area contributed by atoms with E-state index in [0.29, 0.717) is 48.0 Å². The molecule has 0 saturated heterocycles. The van der Waals surface area contributed by atoms with Gasteiger partial charge in [-0.1, -0.05) is 108 Å². The molecule has 0 aromatic heterocycles. The normalized spacial score (nSPS) is 17.0. The zero-order chi connectivity index (χ0) is 29.4. The highest BCUT2D eigenvalue weighted by molar-refractivity contribution is 6.31. The predicted octanol–water partition coefficient (Wildman–Crippen LogP) is 9.73. The van der Waals surface area contributed by atoms with Crippen molar-refractivity contribution in [3.63, 3.8) is 0 Å². The minimum Gasteiger partial charge on any atom is -0.459 e. The molecule has 0 radical (unpaired) electrons. The van der Waals surface area contributed by atoms with E-state index in [2.05, 4.69) is 18.2 Å². The van der Waals surface area contributed by atoms with E-state index in [-0.39, 0.29) is 0 Å². The molecule has 5 nitrogen and oxygen atoms in total. The number of fused-ring (bicyclic) bond motifs is 6. The molecule has 2 bridgehead atoms. The number of allylic oxidation sites excluding steroid dienone is 1. The Morgan fingerprint density at radius 3 is 1.77 bits per heavy atom. The van der Waals surface area contributed by atoms with Crippen molar-refractivity contribution in [3.8, 4) is 11.5 Å². The topological polar surface area (TPSA) is 46.2 Å². The van der Waals surface area contributed by atoms with E-state index >= 15 is 0 Å². The summed E-state index contributed by atoms with van der Waals surface area (Å²) in [5.41, 5.74) is 5.48. The molecule has 0 spiro atoms. The molecular formula is C36H32Cl2O5. The zero-order valence-corrected chi connectivity index (χ0v) is 25.1. The third-order valence-corrected chi connectivity index (χ3v) is 7.56. The molecule has 2 aliphatic heterocycles. The Hall–Kier alpha value is -3.58. The first kappa shape index (κ1) is 29.5. The van der Waals surface area contributed by atoms with Crippen molar-refractivity contribution in [3.05, 3.63) is 141 Å². The number of ether oxygens (including phenoxy) is 5. The Morgan fingerprint density at radius 2 is 1.19 bits per heavy atom. The van der Waals surface area contributed by atoms with Crippen molar-refractivity contribution in [1.82, 2.24) is 0 Å². The maximum atomic E-state index is 6.53. The van der Waals surface area contributed by atoms with E-state index in [0.717, 1.165) is 40.7 Å². The van der Waals surface area contributed by atoms with Gasteiger partial charge >= 0.3 is 0 Å². The highest BCUT2D eigenvalue weighted by atomic mass is 35.5. The molecule has 2 aliphatic rings. The fourth-order valence-electron chi connectivity index (χ4n) is 5.07. The maximum absolute atomic E-state index is 6.53. The largest absolute Gasteiger partial charge is 0.459 e. The highest BCUT2D eigenvalue weighted by Gasteiger charge is 2.40. The minimum atomic E-state index is -0.666. The van der Waals surface area contributed by atoms with Crippen molar-refractivity contribution in [2.75, 3.05) is 13.2 Å². The van der Waals surface area contributed by atoms with Crippen LogP contribution in [0.1, 0.15) is 58.8 Å². The Balaban J connectivity index is 1.11. The van der Waals surface area contributed by atoms with Gasteiger partial charge in [-0.3, -0.25) is 4.74 Å². The van der Waals surface area contributed by atoms with Crippen LogP contribution in [0.2, 0.25) is 10.0 Å². The number of hydrogen-bond acceptors (Lipinski definition) is 5. The summed E-state index contributed by atoms with van der Waals surface area (Å²) in [7, 11) is 0. The molecule has 2 atom stereocenters. The van der Waals surface area contributed by atoms with Gasteiger partial charge in [0.25, 0.3) is 0 Å². The lowest BCUT2D eigenvalue weighted by molar-refractivity contribution is -0.227. The van der Waals surface area contributed by atoms with Crippen molar-refractivity contribution in [2.24, 2.45) is 0 Å². The SMILES string of the molecule is Clc1cc(/C=C\CCCOCc2ccccc2)c2c(c1)C1Oc3c(/C=C\COCc4ccccc4)cc(Cl)cc3C(O2)O1. The van der Waals surface area contributed by atoms with Crippen molar-refractivity contribution in [2.45, 2.75) is 38.6 Å². The quantitative estimate of drug-likeness (QED) is 0.149. The standard InChI is InChI=1S/C36H32Cl2O5/c37-29-19-27(15-8-3-9-17-39-23-25-11-4-1-5-12-25)33-31(21-29)35-42-34-28(20-30(38)22-32(34)36(41-33)43-35)16-10-18-40-24-26-13-6-2-7-14-26/h1-2,4-8,10-16,19-22,35-36H,3,9,17-18,23-24H2/b15-8-,16-10-.